The van der Waals surface area contributed by atoms with Gasteiger partial charge in [-0.05, 0) is 37.5 Å². The Labute approximate surface area is 101 Å². The minimum absolute atomic E-state index is 0. The Balaban J connectivity index is 0.000000811. The molecule has 0 aromatic carbocycles. The average Bonchev–Trinajstić information content (AvgIpc) is 2.33. The monoisotopic (exact) mass is 225 g/mol. The molecule has 0 N–H and O–H groups in total. The van der Waals surface area contributed by atoms with E-state index in [4.69, 9.17) is 0 Å². The number of carbonyl (C=O) groups excluding carboxylic acids is 1. The van der Waals surface area contributed by atoms with Crippen LogP contribution in [-0.2, 0) is 4.79 Å². The molecular weight excluding hydrogens is 198 g/mol. The molecule has 1 aliphatic heterocycles. The molecule has 0 saturated carbocycles. The van der Waals surface area contributed by atoms with Crippen molar-refractivity contribution >= 4 is 5.91 Å². The van der Waals surface area contributed by atoms with Gasteiger partial charge in [-0.3, -0.25) is 4.79 Å². The molecule has 0 radical (unpaired) electrons. The molecule has 1 aliphatic carbocycles. The fourth-order valence-corrected chi connectivity index (χ4v) is 2.69. The van der Waals surface area contributed by atoms with Crippen molar-refractivity contribution in [1.29, 1.82) is 0 Å². The van der Waals surface area contributed by atoms with Crippen LogP contribution < -0.4 is 0 Å². The van der Waals surface area contributed by atoms with Crippen molar-refractivity contribution in [1.82, 2.24) is 4.90 Å². The van der Waals surface area contributed by atoms with Gasteiger partial charge < -0.3 is 4.90 Å². The first kappa shape index (κ1) is 13.3. The molecule has 2 heteroatoms. The highest BCUT2D eigenvalue weighted by Crippen LogP contribution is 2.41. The molecule has 1 heterocycles. The Morgan fingerprint density at radius 1 is 1.19 bits per heavy atom. The van der Waals surface area contributed by atoms with Crippen LogP contribution in [0.2, 0.25) is 0 Å². The lowest BCUT2D eigenvalue weighted by molar-refractivity contribution is -0.131. The van der Waals surface area contributed by atoms with E-state index in [1.54, 1.807) is 6.92 Å². The first-order chi connectivity index (χ1) is 7.72. The Bertz CT molecular complexity index is 255. The number of amides is 1. The zero-order valence-electron chi connectivity index (χ0n) is 11.0. The fourth-order valence-electron chi connectivity index (χ4n) is 2.69. The van der Waals surface area contributed by atoms with Gasteiger partial charge in [0.15, 0.2) is 0 Å². The Morgan fingerprint density at radius 3 is 2.25 bits per heavy atom. The molecule has 0 unspecified atom stereocenters. The predicted molar refractivity (Wildman–Crippen MR) is 70.4 cm³/mol. The van der Waals surface area contributed by atoms with Gasteiger partial charge in [-0.15, -0.1) is 0 Å². The van der Waals surface area contributed by atoms with Crippen molar-refractivity contribution < 1.29 is 6.22 Å². The summed E-state index contributed by atoms with van der Waals surface area (Å²) in [4.78, 5) is 13.2. The number of allylic oxidation sites excluding steroid dienone is 2. The van der Waals surface area contributed by atoms with Crippen LogP contribution in [0, 0.1) is 5.41 Å². The molecule has 1 amide bonds. The molecule has 0 aromatic heterocycles. The number of hydrogen-bond acceptors (Lipinski definition) is 1. The molecule has 16 heavy (non-hydrogen) atoms. The number of nitrogens with zero attached hydrogens (tertiary/aromatic N) is 1. The second-order valence-electron chi connectivity index (χ2n) is 4.72. The van der Waals surface area contributed by atoms with Crippen molar-refractivity contribution in [2.45, 2.75) is 52.9 Å². The molecule has 94 valence electrons. The van der Waals surface area contributed by atoms with E-state index < -0.39 is 0 Å². The van der Waals surface area contributed by atoms with Gasteiger partial charge in [-0.1, -0.05) is 26.0 Å². The van der Waals surface area contributed by atoms with Gasteiger partial charge in [0, 0.05) is 21.4 Å². The SMILES string of the molecule is CC.CC(=O)N1CCC2(CC=CCC2)CC1.[HH]. The topological polar surface area (TPSA) is 20.3 Å². The van der Waals surface area contributed by atoms with Crippen LogP contribution in [0.3, 0.4) is 0 Å². The fraction of sp³-hybridized carbons (Fsp3) is 0.786. The quantitative estimate of drug-likeness (QED) is 0.576. The van der Waals surface area contributed by atoms with Crippen LogP contribution in [0.25, 0.3) is 0 Å². The molecule has 2 rings (SSSR count). The molecule has 1 spiro atoms. The summed E-state index contributed by atoms with van der Waals surface area (Å²) in [5, 5.41) is 0. The van der Waals surface area contributed by atoms with Crippen LogP contribution in [0.5, 0.6) is 0 Å². The molecule has 1 saturated heterocycles. The minimum atomic E-state index is 0. The van der Waals surface area contributed by atoms with Crippen molar-refractivity contribution in [2.75, 3.05) is 13.1 Å². The van der Waals surface area contributed by atoms with Crippen molar-refractivity contribution in [3.63, 3.8) is 0 Å². The summed E-state index contributed by atoms with van der Waals surface area (Å²) in [5.41, 5.74) is 0.542. The summed E-state index contributed by atoms with van der Waals surface area (Å²) in [6.07, 6.45) is 10.8. The van der Waals surface area contributed by atoms with E-state index in [9.17, 15) is 4.79 Å². The lowest BCUT2D eigenvalue weighted by Gasteiger charge is -2.42. The van der Waals surface area contributed by atoms with E-state index in [0.29, 0.717) is 5.41 Å². The number of likely N-dealkylation sites (tertiary alicyclic amines) is 1. The number of rotatable bonds is 0. The lowest BCUT2D eigenvalue weighted by atomic mass is 9.70. The maximum atomic E-state index is 11.2. The summed E-state index contributed by atoms with van der Waals surface area (Å²) >= 11 is 0. The molecule has 0 atom stereocenters. The standard InChI is InChI=1S/C12H19NO.C2H6.H2/c1-11(14)13-9-7-12(8-10-13)5-3-2-4-6-12;1-2;/h2-3H,4-10H2,1H3;1-2H3;1H. The maximum Gasteiger partial charge on any atom is 0.219 e. The minimum Gasteiger partial charge on any atom is -0.343 e. The van der Waals surface area contributed by atoms with Crippen LogP contribution in [0.4, 0.5) is 0 Å². The highest BCUT2D eigenvalue weighted by atomic mass is 16.2. The van der Waals surface area contributed by atoms with E-state index in [2.05, 4.69) is 12.2 Å². The zero-order valence-corrected chi connectivity index (χ0v) is 11.0. The van der Waals surface area contributed by atoms with Crippen LogP contribution >= 0.6 is 0 Å². The van der Waals surface area contributed by atoms with Crippen LogP contribution in [0.1, 0.15) is 54.3 Å². The Morgan fingerprint density at radius 2 is 1.81 bits per heavy atom. The average molecular weight is 225 g/mol. The molecule has 0 bridgehead atoms. The number of hydrogen-bond donors (Lipinski definition) is 0. The van der Waals surface area contributed by atoms with Crippen LogP contribution in [-0.4, -0.2) is 23.9 Å². The van der Waals surface area contributed by atoms with E-state index in [1.165, 1.54) is 32.1 Å². The highest BCUT2D eigenvalue weighted by molar-refractivity contribution is 5.73. The third-order valence-corrected chi connectivity index (χ3v) is 3.83. The van der Waals surface area contributed by atoms with Crippen molar-refractivity contribution in [3.8, 4) is 0 Å². The third kappa shape index (κ3) is 3.10. The van der Waals surface area contributed by atoms with Gasteiger partial charge in [0.05, 0.1) is 0 Å². The van der Waals surface area contributed by atoms with Crippen LogP contribution in [0.15, 0.2) is 12.2 Å². The van der Waals surface area contributed by atoms with E-state index in [1.807, 2.05) is 18.7 Å². The van der Waals surface area contributed by atoms with E-state index in [0.717, 1.165) is 13.1 Å². The first-order valence-corrected chi connectivity index (χ1v) is 6.62. The lowest BCUT2D eigenvalue weighted by Crippen LogP contribution is -2.42. The van der Waals surface area contributed by atoms with Gasteiger partial charge in [0.2, 0.25) is 5.91 Å². The van der Waals surface area contributed by atoms with Gasteiger partial charge in [0.1, 0.15) is 0 Å². The molecule has 0 aromatic rings. The number of piperidine rings is 1. The van der Waals surface area contributed by atoms with Gasteiger partial charge >= 0.3 is 0 Å². The van der Waals surface area contributed by atoms with Gasteiger partial charge in [0.25, 0.3) is 0 Å². The summed E-state index contributed by atoms with van der Waals surface area (Å²) < 4.78 is 0. The molecule has 2 nitrogen and oxygen atoms in total. The summed E-state index contributed by atoms with van der Waals surface area (Å²) in [6.45, 7) is 7.63. The second kappa shape index (κ2) is 6.07. The second-order valence-corrected chi connectivity index (χ2v) is 4.72. The predicted octanol–water partition coefficient (Wildman–Crippen LogP) is 3.63. The third-order valence-electron chi connectivity index (χ3n) is 3.83. The Hall–Kier alpha value is -0.790. The van der Waals surface area contributed by atoms with Crippen molar-refractivity contribution in [3.05, 3.63) is 12.2 Å². The first-order valence-electron chi connectivity index (χ1n) is 6.62. The Kier molecular flexibility index (Phi) is 5.04. The summed E-state index contributed by atoms with van der Waals surface area (Å²) in [6, 6.07) is 0. The van der Waals surface area contributed by atoms with E-state index in [-0.39, 0.29) is 7.33 Å². The highest BCUT2D eigenvalue weighted by Gasteiger charge is 2.34. The molecule has 2 aliphatic rings. The molecular formula is C14H27NO. The smallest absolute Gasteiger partial charge is 0.219 e. The molecule has 1 fully saturated rings. The summed E-state index contributed by atoms with van der Waals surface area (Å²) in [7, 11) is 0. The largest absolute Gasteiger partial charge is 0.343 e. The van der Waals surface area contributed by atoms with E-state index >= 15 is 0 Å². The summed E-state index contributed by atoms with van der Waals surface area (Å²) in [5.74, 6) is 0.242. The van der Waals surface area contributed by atoms with Gasteiger partial charge in [-0.2, -0.15) is 0 Å². The number of carbonyl (C=O) groups is 1. The zero-order chi connectivity index (χ0) is 12.0. The maximum absolute atomic E-state index is 11.2. The van der Waals surface area contributed by atoms with Gasteiger partial charge in [-0.25, -0.2) is 0 Å². The normalized spacial score (nSPS) is 22.6. The van der Waals surface area contributed by atoms with Crippen molar-refractivity contribution in [2.24, 2.45) is 5.41 Å².